The van der Waals surface area contributed by atoms with Gasteiger partial charge in [0.2, 0.25) is 0 Å². The molecule has 0 atom stereocenters. The lowest BCUT2D eigenvalue weighted by molar-refractivity contribution is 0.102. The zero-order chi connectivity index (χ0) is 15.6. The highest BCUT2D eigenvalue weighted by Gasteiger charge is 2.15. The summed E-state index contributed by atoms with van der Waals surface area (Å²) in [5.74, 6) is -0.948. The van der Waals surface area contributed by atoms with Crippen molar-refractivity contribution in [2.75, 3.05) is 5.32 Å². The lowest BCUT2D eigenvalue weighted by atomic mass is 10.1. The third-order valence-corrected chi connectivity index (χ3v) is 3.20. The fraction of sp³-hybridized carbons (Fsp3) is 0.0667. The average Bonchev–Trinajstić information content (AvgIpc) is 2.37. The Labute approximate surface area is 127 Å². The third kappa shape index (κ3) is 3.11. The molecule has 0 aliphatic carbocycles. The van der Waals surface area contributed by atoms with Crippen molar-refractivity contribution in [3.05, 3.63) is 53.1 Å². The average molecular weight is 302 g/mol. The number of carbonyl (C=O) groups is 1. The maximum atomic E-state index is 12.2. The Bertz CT molecular complexity index is 729. The quantitative estimate of drug-likeness (QED) is 0.652. The second-order valence-electron chi connectivity index (χ2n) is 4.52. The van der Waals surface area contributed by atoms with Gasteiger partial charge in [-0.25, -0.2) is 0 Å². The van der Waals surface area contributed by atoms with Crippen LogP contribution in [0.1, 0.15) is 21.5 Å². The molecule has 0 spiro atoms. The van der Waals surface area contributed by atoms with Crippen LogP contribution in [0.5, 0.6) is 11.5 Å². The number of phenolic OH excluding ortho intramolecular Hbond substituents is 2. The summed E-state index contributed by atoms with van der Waals surface area (Å²) < 4.78 is 0. The standard InChI is InChI=1S/C15H14N2O3S/c1-8-3-2-4-11(13(8)14(16)21)17-15(20)10-6-5-9(18)7-12(10)19/h2-7,18-19H,1H3,(H2,16,21)(H,17,20). The molecule has 21 heavy (non-hydrogen) atoms. The summed E-state index contributed by atoms with van der Waals surface area (Å²) in [6.07, 6.45) is 0. The summed E-state index contributed by atoms with van der Waals surface area (Å²) in [7, 11) is 0. The minimum absolute atomic E-state index is 0.0446. The molecule has 2 aromatic rings. The topological polar surface area (TPSA) is 95.6 Å². The minimum Gasteiger partial charge on any atom is -0.508 e. The van der Waals surface area contributed by atoms with Crippen LogP contribution in [-0.2, 0) is 0 Å². The van der Waals surface area contributed by atoms with E-state index >= 15 is 0 Å². The summed E-state index contributed by atoms with van der Waals surface area (Å²) in [4.78, 5) is 12.4. The van der Waals surface area contributed by atoms with E-state index in [9.17, 15) is 15.0 Å². The molecular weight excluding hydrogens is 288 g/mol. The SMILES string of the molecule is Cc1cccc(NC(=O)c2ccc(O)cc2O)c1C(N)=S. The predicted octanol–water partition coefficient (Wildman–Crippen LogP) is 2.29. The number of benzene rings is 2. The van der Waals surface area contributed by atoms with E-state index in [1.54, 1.807) is 12.1 Å². The molecule has 0 heterocycles. The number of nitrogens with two attached hydrogens (primary N) is 1. The number of hydrogen-bond acceptors (Lipinski definition) is 4. The van der Waals surface area contributed by atoms with Crippen molar-refractivity contribution >= 4 is 28.8 Å². The molecule has 0 aliphatic heterocycles. The third-order valence-electron chi connectivity index (χ3n) is 2.99. The van der Waals surface area contributed by atoms with Gasteiger partial charge in [0, 0.05) is 11.6 Å². The Morgan fingerprint density at radius 1 is 1.24 bits per heavy atom. The van der Waals surface area contributed by atoms with Gasteiger partial charge in [-0.15, -0.1) is 0 Å². The number of rotatable bonds is 3. The number of anilines is 1. The molecule has 0 bridgehead atoms. The second kappa shape index (κ2) is 5.80. The first-order valence-corrected chi connectivity index (χ1v) is 6.53. The fourth-order valence-corrected chi connectivity index (χ4v) is 2.27. The largest absolute Gasteiger partial charge is 0.508 e. The molecule has 2 aromatic carbocycles. The van der Waals surface area contributed by atoms with Gasteiger partial charge in [0.1, 0.15) is 16.5 Å². The van der Waals surface area contributed by atoms with Crippen LogP contribution in [0.25, 0.3) is 0 Å². The molecule has 0 fully saturated rings. The monoisotopic (exact) mass is 302 g/mol. The van der Waals surface area contributed by atoms with Gasteiger partial charge < -0.3 is 21.3 Å². The van der Waals surface area contributed by atoms with Crippen LogP contribution < -0.4 is 11.1 Å². The normalized spacial score (nSPS) is 10.1. The number of amides is 1. The summed E-state index contributed by atoms with van der Waals surface area (Å²) >= 11 is 4.99. The van der Waals surface area contributed by atoms with E-state index in [1.807, 2.05) is 13.0 Å². The Hall–Kier alpha value is -2.60. The Morgan fingerprint density at radius 3 is 2.57 bits per heavy atom. The number of hydrogen-bond donors (Lipinski definition) is 4. The van der Waals surface area contributed by atoms with Crippen molar-refractivity contribution in [2.45, 2.75) is 6.92 Å². The van der Waals surface area contributed by atoms with Crippen molar-refractivity contribution in [1.29, 1.82) is 0 Å². The first kappa shape index (κ1) is 14.8. The zero-order valence-corrected chi connectivity index (χ0v) is 12.1. The Balaban J connectivity index is 2.36. The van der Waals surface area contributed by atoms with Gasteiger partial charge in [0.25, 0.3) is 5.91 Å². The van der Waals surface area contributed by atoms with E-state index in [-0.39, 0.29) is 22.1 Å². The van der Waals surface area contributed by atoms with Crippen molar-refractivity contribution < 1.29 is 15.0 Å². The highest BCUT2D eigenvalue weighted by molar-refractivity contribution is 7.80. The summed E-state index contributed by atoms with van der Waals surface area (Å²) in [5.41, 5.74) is 7.62. The van der Waals surface area contributed by atoms with Crippen molar-refractivity contribution in [3.63, 3.8) is 0 Å². The predicted molar refractivity (Wildman–Crippen MR) is 84.8 cm³/mol. The van der Waals surface area contributed by atoms with E-state index in [0.29, 0.717) is 11.3 Å². The molecular formula is C15H14N2O3S. The van der Waals surface area contributed by atoms with Crippen molar-refractivity contribution in [2.24, 2.45) is 5.73 Å². The van der Waals surface area contributed by atoms with Crippen LogP contribution in [0, 0.1) is 6.92 Å². The van der Waals surface area contributed by atoms with E-state index < -0.39 is 5.91 Å². The summed E-state index contributed by atoms with van der Waals surface area (Å²) in [6, 6.07) is 9.03. The van der Waals surface area contributed by atoms with Crippen LogP contribution in [-0.4, -0.2) is 21.1 Å². The zero-order valence-electron chi connectivity index (χ0n) is 11.3. The second-order valence-corrected chi connectivity index (χ2v) is 4.96. The minimum atomic E-state index is -0.518. The molecule has 0 unspecified atom stereocenters. The van der Waals surface area contributed by atoms with Gasteiger partial charge in [0.15, 0.2) is 0 Å². The van der Waals surface area contributed by atoms with E-state index in [0.717, 1.165) is 11.6 Å². The number of nitrogens with one attached hydrogen (secondary N) is 1. The van der Waals surface area contributed by atoms with E-state index in [2.05, 4.69) is 5.32 Å². The lowest BCUT2D eigenvalue weighted by Crippen LogP contribution is -2.18. The molecule has 1 amide bonds. The number of phenols is 2. The van der Waals surface area contributed by atoms with Gasteiger partial charge in [0.05, 0.1) is 11.3 Å². The van der Waals surface area contributed by atoms with Crippen LogP contribution in [0.2, 0.25) is 0 Å². The van der Waals surface area contributed by atoms with Gasteiger partial charge in [-0.2, -0.15) is 0 Å². The van der Waals surface area contributed by atoms with Crippen LogP contribution >= 0.6 is 12.2 Å². The molecule has 0 saturated heterocycles. The smallest absolute Gasteiger partial charge is 0.259 e. The Kier molecular flexibility index (Phi) is 4.09. The lowest BCUT2D eigenvalue weighted by Gasteiger charge is -2.13. The molecule has 2 rings (SSSR count). The molecule has 5 N–H and O–H groups in total. The number of aryl methyl sites for hydroxylation is 1. The fourth-order valence-electron chi connectivity index (χ4n) is 2.00. The molecule has 108 valence electrons. The number of thiocarbonyl (C=S) groups is 1. The first-order valence-electron chi connectivity index (χ1n) is 6.13. The Morgan fingerprint density at radius 2 is 1.95 bits per heavy atom. The van der Waals surface area contributed by atoms with Gasteiger partial charge in [-0.05, 0) is 30.7 Å². The number of aromatic hydroxyl groups is 2. The molecule has 0 radical (unpaired) electrons. The van der Waals surface area contributed by atoms with Gasteiger partial charge in [-0.3, -0.25) is 4.79 Å². The van der Waals surface area contributed by atoms with Gasteiger partial charge >= 0.3 is 0 Å². The van der Waals surface area contributed by atoms with Crippen LogP contribution in [0.15, 0.2) is 36.4 Å². The maximum Gasteiger partial charge on any atom is 0.259 e. The number of carbonyl (C=O) groups excluding carboxylic acids is 1. The van der Waals surface area contributed by atoms with E-state index in [1.165, 1.54) is 12.1 Å². The molecule has 6 heteroatoms. The van der Waals surface area contributed by atoms with Crippen molar-refractivity contribution in [3.8, 4) is 11.5 Å². The van der Waals surface area contributed by atoms with Crippen molar-refractivity contribution in [1.82, 2.24) is 0 Å². The molecule has 5 nitrogen and oxygen atoms in total. The highest BCUT2D eigenvalue weighted by Crippen LogP contribution is 2.25. The molecule has 0 aromatic heterocycles. The van der Waals surface area contributed by atoms with Crippen LogP contribution in [0.4, 0.5) is 5.69 Å². The molecule has 0 saturated carbocycles. The maximum absolute atomic E-state index is 12.2. The highest BCUT2D eigenvalue weighted by atomic mass is 32.1. The van der Waals surface area contributed by atoms with Crippen LogP contribution in [0.3, 0.4) is 0 Å². The molecule has 0 aliphatic rings. The summed E-state index contributed by atoms with van der Waals surface area (Å²) in [6.45, 7) is 1.84. The first-order chi connectivity index (χ1) is 9.90. The van der Waals surface area contributed by atoms with Gasteiger partial charge in [-0.1, -0.05) is 24.4 Å². The summed E-state index contributed by atoms with van der Waals surface area (Å²) in [5, 5.41) is 21.6. The van der Waals surface area contributed by atoms with E-state index in [4.69, 9.17) is 18.0 Å².